The molecule has 2 aromatic heterocycles. The van der Waals surface area contributed by atoms with Crippen LogP contribution in [0.2, 0.25) is 0 Å². The summed E-state index contributed by atoms with van der Waals surface area (Å²) in [7, 11) is 0. The van der Waals surface area contributed by atoms with Gasteiger partial charge in [0.1, 0.15) is 11.5 Å². The third-order valence-electron chi connectivity index (χ3n) is 3.76. The first kappa shape index (κ1) is 13.6. The minimum atomic E-state index is -0.0457. The molecule has 1 unspecified atom stereocenters. The molecule has 3 N–H and O–H groups in total. The number of hydrogen-bond donors (Lipinski definition) is 2. The zero-order chi connectivity index (χ0) is 15.0. The molecule has 1 aliphatic heterocycles. The monoisotopic (exact) mass is 283 g/mol. The highest BCUT2D eigenvalue weighted by atomic mass is 16.1. The van der Waals surface area contributed by atoms with Gasteiger partial charge >= 0.3 is 0 Å². The summed E-state index contributed by atoms with van der Waals surface area (Å²) in [6, 6.07) is 0.208. The second kappa shape index (κ2) is 5.19. The highest BCUT2D eigenvalue weighted by Crippen LogP contribution is 2.30. The van der Waals surface area contributed by atoms with E-state index >= 15 is 0 Å². The van der Waals surface area contributed by atoms with Crippen molar-refractivity contribution in [3.05, 3.63) is 17.5 Å². The van der Waals surface area contributed by atoms with Crippen LogP contribution in [0.25, 0.3) is 10.9 Å². The molecule has 0 saturated carbocycles. The molecule has 0 bridgehead atoms. The maximum Gasteiger partial charge on any atom is 0.163 e. The van der Waals surface area contributed by atoms with Gasteiger partial charge in [-0.05, 0) is 32.7 Å². The van der Waals surface area contributed by atoms with Crippen molar-refractivity contribution in [2.75, 3.05) is 18.8 Å². The van der Waals surface area contributed by atoms with Crippen molar-refractivity contribution in [1.29, 1.82) is 0 Å². The summed E-state index contributed by atoms with van der Waals surface area (Å²) in [6.45, 7) is 5.05. The van der Waals surface area contributed by atoms with Crippen molar-refractivity contribution < 1.29 is 4.79 Å². The number of carbonyl (C=O) groups is 1. The molecule has 6 nitrogen and oxygen atoms in total. The lowest BCUT2D eigenvalue weighted by atomic mass is 10.1. The zero-order valence-electron chi connectivity index (χ0n) is 12.1. The van der Waals surface area contributed by atoms with Gasteiger partial charge in [-0.2, -0.15) is 5.10 Å². The normalized spacial score (nSPS) is 17.7. The number of pyridine rings is 1. The maximum absolute atomic E-state index is 11.9. The van der Waals surface area contributed by atoms with Gasteiger partial charge in [-0.25, -0.2) is 4.98 Å². The number of nitrogens with zero attached hydrogens (tertiary/aromatic N) is 3. The van der Waals surface area contributed by atoms with Crippen molar-refractivity contribution in [3.8, 4) is 11.8 Å². The average Bonchev–Trinajstić information content (AvgIpc) is 3.07. The molecule has 1 aliphatic rings. The van der Waals surface area contributed by atoms with Gasteiger partial charge in [0.05, 0.1) is 22.5 Å². The minimum Gasteiger partial charge on any atom is -0.383 e. The summed E-state index contributed by atoms with van der Waals surface area (Å²) in [5, 5.41) is 8.59. The molecule has 0 amide bonds. The number of ketones is 1. The van der Waals surface area contributed by atoms with Crippen molar-refractivity contribution in [3.63, 3.8) is 0 Å². The Hall–Kier alpha value is -2.39. The molecule has 0 aromatic carbocycles. The molecule has 108 valence electrons. The summed E-state index contributed by atoms with van der Waals surface area (Å²) in [5.74, 6) is 6.13. The Bertz CT molecular complexity index is 775. The molecule has 1 saturated heterocycles. The lowest BCUT2D eigenvalue weighted by Crippen LogP contribution is -2.15. The number of nitrogen functional groups attached to an aromatic ring is 1. The first-order valence-corrected chi connectivity index (χ1v) is 6.94. The lowest BCUT2D eigenvalue weighted by molar-refractivity contribution is 0.101. The fourth-order valence-electron chi connectivity index (χ4n) is 2.77. The van der Waals surface area contributed by atoms with Crippen molar-refractivity contribution in [2.24, 2.45) is 0 Å². The number of Topliss-reactive ketones (excluding diaryl/α,β-unsaturated/α-hetero) is 1. The molecule has 0 spiro atoms. The second-order valence-corrected chi connectivity index (χ2v) is 5.15. The van der Waals surface area contributed by atoms with Gasteiger partial charge < -0.3 is 11.1 Å². The lowest BCUT2D eigenvalue weighted by Gasteiger charge is -2.12. The van der Waals surface area contributed by atoms with Crippen LogP contribution in [0.15, 0.2) is 6.20 Å². The van der Waals surface area contributed by atoms with Crippen LogP contribution in [0, 0.1) is 11.8 Å². The third-order valence-corrected chi connectivity index (χ3v) is 3.76. The maximum atomic E-state index is 11.9. The van der Waals surface area contributed by atoms with Crippen LogP contribution in [0.1, 0.15) is 42.4 Å². The molecule has 3 rings (SSSR count). The Kier molecular flexibility index (Phi) is 3.35. The molecule has 3 heterocycles. The smallest absolute Gasteiger partial charge is 0.163 e. The predicted octanol–water partition coefficient (Wildman–Crippen LogP) is 1.12. The van der Waals surface area contributed by atoms with Gasteiger partial charge in [-0.15, -0.1) is 0 Å². The minimum absolute atomic E-state index is 0.0457. The standard InChI is InChI=1S/C15H17N5O/c1-3-4-12-13-14(11(9(2)21)8-18-15(13)16)20(19-12)10-5-6-17-7-10/h8,10,17H,5-7H2,1-2H3,(H2,16,18). The summed E-state index contributed by atoms with van der Waals surface area (Å²) >= 11 is 0. The van der Waals surface area contributed by atoms with Crippen molar-refractivity contribution >= 4 is 22.5 Å². The van der Waals surface area contributed by atoms with Crippen LogP contribution < -0.4 is 11.1 Å². The fourth-order valence-corrected chi connectivity index (χ4v) is 2.77. The molecule has 0 aliphatic carbocycles. The van der Waals surface area contributed by atoms with Gasteiger partial charge in [0.25, 0.3) is 0 Å². The third kappa shape index (κ3) is 2.16. The van der Waals surface area contributed by atoms with Crippen LogP contribution in [0.5, 0.6) is 0 Å². The quantitative estimate of drug-likeness (QED) is 0.637. The van der Waals surface area contributed by atoms with Crippen LogP contribution in [-0.4, -0.2) is 33.6 Å². The Labute approximate surface area is 122 Å². The number of fused-ring (bicyclic) bond motifs is 1. The summed E-state index contributed by atoms with van der Waals surface area (Å²) < 4.78 is 1.89. The van der Waals surface area contributed by atoms with Crippen LogP contribution in [0.4, 0.5) is 5.82 Å². The molecular weight excluding hydrogens is 266 g/mol. The van der Waals surface area contributed by atoms with E-state index in [1.54, 1.807) is 6.92 Å². The van der Waals surface area contributed by atoms with E-state index < -0.39 is 0 Å². The van der Waals surface area contributed by atoms with E-state index in [1.807, 2.05) is 4.68 Å². The van der Waals surface area contributed by atoms with E-state index in [2.05, 4.69) is 27.2 Å². The predicted molar refractivity (Wildman–Crippen MR) is 81.0 cm³/mol. The van der Waals surface area contributed by atoms with Gasteiger partial charge in [0.15, 0.2) is 5.78 Å². The van der Waals surface area contributed by atoms with Gasteiger partial charge in [0.2, 0.25) is 0 Å². The molecule has 2 aromatic rings. The van der Waals surface area contributed by atoms with E-state index in [-0.39, 0.29) is 11.8 Å². The molecule has 1 atom stereocenters. The number of rotatable bonds is 2. The molecular formula is C15H17N5O. The molecule has 1 fully saturated rings. The topological polar surface area (TPSA) is 85.8 Å². The van der Waals surface area contributed by atoms with Crippen LogP contribution in [-0.2, 0) is 0 Å². The van der Waals surface area contributed by atoms with E-state index in [9.17, 15) is 4.79 Å². The highest BCUT2D eigenvalue weighted by molar-refractivity contribution is 6.09. The van der Waals surface area contributed by atoms with E-state index in [0.717, 1.165) is 25.0 Å². The largest absolute Gasteiger partial charge is 0.383 e. The highest BCUT2D eigenvalue weighted by Gasteiger charge is 2.25. The van der Waals surface area contributed by atoms with Crippen molar-refractivity contribution in [1.82, 2.24) is 20.1 Å². The van der Waals surface area contributed by atoms with Gasteiger partial charge in [0, 0.05) is 12.7 Å². The summed E-state index contributed by atoms with van der Waals surface area (Å²) in [4.78, 5) is 16.1. The fraction of sp³-hybridized carbons (Fsp3) is 0.400. The van der Waals surface area contributed by atoms with E-state index in [4.69, 9.17) is 5.73 Å². The van der Waals surface area contributed by atoms with Crippen molar-refractivity contribution in [2.45, 2.75) is 26.3 Å². The number of anilines is 1. The summed E-state index contributed by atoms with van der Waals surface area (Å²) in [6.07, 6.45) is 2.50. The Morgan fingerprint density at radius 2 is 2.38 bits per heavy atom. The van der Waals surface area contributed by atoms with Gasteiger partial charge in [-0.1, -0.05) is 5.92 Å². The number of hydrogen-bond acceptors (Lipinski definition) is 5. The van der Waals surface area contributed by atoms with Gasteiger partial charge in [-0.3, -0.25) is 9.48 Å². The Morgan fingerprint density at radius 3 is 3.00 bits per heavy atom. The van der Waals surface area contributed by atoms with E-state index in [1.165, 1.54) is 13.1 Å². The average molecular weight is 283 g/mol. The second-order valence-electron chi connectivity index (χ2n) is 5.15. The molecule has 21 heavy (non-hydrogen) atoms. The number of nitrogens with two attached hydrogens (primary N) is 1. The first-order chi connectivity index (χ1) is 10.1. The Morgan fingerprint density at radius 1 is 1.57 bits per heavy atom. The summed E-state index contributed by atoms with van der Waals surface area (Å²) in [5.41, 5.74) is 7.90. The first-order valence-electron chi connectivity index (χ1n) is 6.94. The van der Waals surface area contributed by atoms with Crippen LogP contribution in [0.3, 0.4) is 0 Å². The number of aromatic nitrogens is 3. The number of nitrogens with one attached hydrogen (secondary N) is 1. The molecule has 0 radical (unpaired) electrons. The van der Waals surface area contributed by atoms with E-state index in [0.29, 0.717) is 22.5 Å². The number of carbonyl (C=O) groups excluding carboxylic acids is 1. The Balaban J connectivity index is 2.37. The zero-order valence-corrected chi connectivity index (χ0v) is 12.1. The SMILES string of the molecule is CC#Cc1nn(C2CCNC2)c2c(C(C)=O)cnc(N)c12. The molecule has 6 heteroatoms. The van der Waals surface area contributed by atoms with Crippen LogP contribution >= 0.6 is 0 Å².